The Balaban J connectivity index is 1.61. The quantitative estimate of drug-likeness (QED) is 0.845. The SMILES string of the molecule is N#CC1(c2ccccc2)CCC2(CC1)NC(=O)c1ccccc1N2. The molecule has 0 atom stereocenters. The third-order valence-electron chi connectivity index (χ3n) is 5.40. The molecular formula is C20H19N3O. The van der Waals surface area contributed by atoms with E-state index in [9.17, 15) is 10.1 Å². The van der Waals surface area contributed by atoms with Crippen LogP contribution in [0.1, 0.15) is 41.6 Å². The first kappa shape index (κ1) is 14.8. The van der Waals surface area contributed by atoms with Crippen LogP contribution < -0.4 is 10.6 Å². The third kappa shape index (κ3) is 2.25. The lowest BCUT2D eigenvalue weighted by Gasteiger charge is -2.47. The van der Waals surface area contributed by atoms with Gasteiger partial charge in [-0.25, -0.2) is 0 Å². The first-order valence-electron chi connectivity index (χ1n) is 8.33. The zero-order chi connectivity index (χ0) is 16.6. The summed E-state index contributed by atoms with van der Waals surface area (Å²) in [5.41, 5.74) is 1.73. The van der Waals surface area contributed by atoms with E-state index in [0.29, 0.717) is 5.56 Å². The highest BCUT2D eigenvalue weighted by Gasteiger charge is 2.46. The predicted molar refractivity (Wildman–Crippen MR) is 92.5 cm³/mol. The number of nitrogens with zero attached hydrogens (tertiary/aromatic N) is 1. The highest BCUT2D eigenvalue weighted by atomic mass is 16.2. The summed E-state index contributed by atoms with van der Waals surface area (Å²) in [6.45, 7) is 0. The molecule has 2 aliphatic rings. The number of carbonyl (C=O) groups is 1. The molecule has 0 aromatic heterocycles. The molecule has 1 spiro atoms. The van der Waals surface area contributed by atoms with Crippen molar-refractivity contribution in [3.8, 4) is 6.07 Å². The second kappa shape index (κ2) is 5.38. The first-order chi connectivity index (χ1) is 11.7. The lowest BCUT2D eigenvalue weighted by Crippen LogP contribution is -2.60. The number of benzene rings is 2. The molecular weight excluding hydrogens is 298 g/mol. The van der Waals surface area contributed by atoms with Crippen LogP contribution in [0.3, 0.4) is 0 Å². The van der Waals surface area contributed by atoms with Gasteiger partial charge in [0.1, 0.15) is 5.66 Å². The second-order valence-electron chi connectivity index (χ2n) is 6.77. The molecule has 4 nitrogen and oxygen atoms in total. The van der Waals surface area contributed by atoms with Gasteiger partial charge < -0.3 is 10.6 Å². The Morgan fingerprint density at radius 1 is 0.875 bits per heavy atom. The summed E-state index contributed by atoms with van der Waals surface area (Å²) in [5, 5.41) is 16.5. The zero-order valence-electron chi connectivity index (χ0n) is 13.4. The molecule has 2 aromatic rings. The number of carbonyl (C=O) groups excluding carboxylic acids is 1. The first-order valence-corrected chi connectivity index (χ1v) is 8.33. The summed E-state index contributed by atoms with van der Waals surface area (Å²) in [6, 6.07) is 20.1. The fourth-order valence-corrected chi connectivity index (χ4v) is 3.94. The highest BCUT2D eigenvalue weighted by Crippen LogP contribution is 2.44. The number of nitrogens with one attached hydrogen (secondary N) is 2. The van der Waals surface area contributed by atoms with Crippen molar-refractivity contribution in [3.63, 3.8) is 0 Å². The van der Waals surface area contributed by atoms with Gasteiger partial charge in [-0.15, -0.1) is 0 Å². The van der Waals surface area contributed by atoms with E-state index in [1.807, 2.05) is 54.6 Å². The minimum Gasteiger partial charge on any atom is -0.362 e. The molecule has 1 fully saturated rings. The van der Waals surface area contributed by atoms with E-state index in [4.69, 9.17) is 0 Å². The molecule has 0 radical (unpaired) electrons. The molecule has 0 unspecified atom stereocenters. The van der Waals surface area contributed by atoms with Crippen molar-refractivity contribution in [2.24, 2.45) is 0 Å². The van der Waals surface area contributed by atoms with Gasteiger partial charge in [0.05, 0.1) is 17.0 Å². The molecule has 1 saturated carbocycles. The summed E-state index contributed by atoms with van der Waals surface area (Å²) in [4.78, 5) is 12.4. The van der Waals surface area contributed by atoms with Crippen molar-refractivity contribution in [2.45, 2.75) is 36.8 Å². The van der Waals surface area contributed by atoms with Gasteiger partial charge in [0.15, 0.2) is 0 Å². The van der Waals surface area contributed by atoms with Gasteiger partial charge in [-0.05, 0) is 43.4 Å². The minimum atomic E-state index is -0.462. The van der Waals surface area contributed by atoms with Crippen LogP contribution in [0.4, 0.5) is 5.69 Å². The zero-order valence-corrected chi connectivity index (χ0v) is 13.4. The molecule has 0 bridgehead atoms. The number of nitriles is 1. The smallest absolute Gasteiger partial charge is 0.255 e. The lowest BCUT2D eigenvalue weighted by atomic mass is 9.67. The van der Waals surface area contributed by atoms with E-state index in [-0.39, 0.29) is 5.91 Å². The predicted octanol–water partition coefficient (Wildman–Crippen LogP) is 3.57. The number of anilines is 1. The van der Waals surface area contributed by atoms with E-state index < -0.39 is 11.1 Å². The fraction of sp³-hybridized carbons (Fsp3) is 0.300. The van der Waals surface area contributed by atoms with Crippen molar-refractivity contribution in [3.05, 3.63) is 65.7 Å². The Morgan fingerprint density at radius 2 is 1.54 bits per heavy atom. The minimum absolute atomic E-state index is 0.0338. The van der Waals surface area contributed by atoms with Crippen LogP contribution in [0.5, 0.6) is 0 Å². The van der Waals surface area contributed by atoms with Gasteiger partial charge in [-0.3, -0.25) is 4.79 Å². The molecule has 2 aromatic carbocycles. The second-order valence-corrected chi connectivity index (χ2v) is 6.77. The van der Waals surface area contributed by atoms with Crippen LogP contribution in [0.25, 0.3) is 0 Å². The van der Waals surface area contributed by atoms with Crippen molar-refractivity contribution >= 4 is 11.6 Å². The van der Waals surface area contributed by atoms with Gasteiger partial charge in [0.2, 0.25) is 0 Å². The Morgan fingerprint density at radius 3 is 2.25 bits per heavy atom. The normalized spacial score (nSPS) is 28.4. The number of hydrogen-bond donors (Lipinski definition) is 2. The Labute approximate surface area is 141 Å². The van der Waals surface area contributed by atoms with Crippen molar-refractivity contribution in [2.75, 3.05) is 5.32 Å². The van der Waals surface area contributed by atoms with Gasteiger partial charge in [-0.1, -0.05) is 42.5 Å². The topological polar surface area (TPSA) is 64.9 Å². The van der Waals surface area contributed by atoms with E-state index in [0.717, 1.165) is 36.9 Å². The summed E-state index contributed by atoms with van der Waals surface area (Å²) in [5.74, 6) is -0.0338. The van der Waals surface area contributed by atoms with Crippen molar-refractivity contribution in [1.29, 1.82) is 5.26 Å². The fourth-order valence-electron chi connectivity index (χ4n) is 3.94. The standard InChI is InChI=1S/C20H19N3O/c21-14-19(15-6-2-1-3-7-15)10-12-20(13-11-19)22-17-9-5-4-8-16(17)18(24)23-20/h1-9,22H,10-13H2,(H,23,24). The van der Waals surface area contributed by atoms with Crippen LogP contribution in [-0.2, 0) is 5.41 Å². The molecule has 1 amide bonds. The van der Waals surface area contributed by atoms with E-state index >= 15 is 0 Å². The molecule has 1 aliphatic heterocycles. The lowest BCUT2D eigenvalue weighted by molar-refractivity contribution is 0.0861. The Kier molecular flexibility index (Phi) is 3.31. The van der Waals surface area contributed by atoms with E-state index in [2.05, 4.69) is 16.7 Å². The van der Waals surface area contributed by atoms with E-state index in [1.165, 1.54) is 0 Å². The summed E-state index contributed by atoms with van der Waals surface area (Å²) < 4.78 is 0. The molecule has 1 heterocycles. The summed E-state index contributed by atoms with van der Waals surface area (Å²) in [7, 11) is 0. The highest BCUT2D eigenvalue weighted by molar-refractivity contribution is 6.02. The average Bonchev–Trinajstić information content (AvgIpc) is 2.64. The molecule has 120 valence electrons. The molecule has 0 saturated heterocycles. The number of hydrogen-bond acceptors (Lipinski definition) is 3. The molecule has 4 heteroatoms. The largest absolute Gasteiger partial charge is 0.362 e. The Bertz CT molecular complexity index is 814. The number of para-hydroxylation sites is 1. The monoisotopic (exact) mass is 317 g/mol. The molecule has 4 rings (SSSR count). The maximum absolute atomic E-state index is 12.4. The van der Waals surface area contributed by atoms with Gasteiger partial charge in [-0.2, -0.15) is 5.26 Å². The van der Waals surface area contributed by atoms with Crippen LogP contribution in [0.2, 0.25) is 0 Å². The van der Waals surface area contributed by atoms with Crippen LogP contribution in [0, 0.1) is 11.3 Å². The molecule has 2 N–H and O–H groups in total. The number of fused-ring (bicyclic) bond motifs is 1. The van der Waals surface area contributed by atoms with Gasteiger partial charge in [0, 0.05) is 5.69 Å². The van der Waals surface area contributed by atoms with Crippen LogP contribution >= 0.6 is 0 Å². The Hall–Kier alpha value is -2.80. The maximum atomic E-state index is 12.4. The molecule has 24 heavy (non-hydrogen) atoms. The number of rotatable bonds is 1. The third-order valence-corrected chi connectivity index (χ3v) is 5.40. The maximum Gasteiger partial charge on any atom is 0.255 e. The number of amides is 1. The van der Waals surface area contributed by atoms with Crippen LogP contribution in [0.15, 0.2) is 54.6 Å². The van der Waals surface area contributed by atoms with Gasteiger partial charge >= 0.3 is 0 Å². The van der Waals surface area contributed by atoms with Gasteiger partial charge in [0.25, 0.3) is 5.91 Å². The summed E-state index contributed by atoms with van der Waals surface area (Å²) in [6.07, 6.45) is 2.91. The molecule has 1 aliphatic carbocycles. The average molecular weight is 317 g/mol. The van der Waals surface area contributed by atoms with Crippen LogP contribution in [-0.4, -0.2) is 11.6 Å². The van der Waals surface area contributed by atoms with E-state index in [1.54, 1.807) is 0 Å². The summed E-state index contributed by atoms with van der Waals surface area (Å²) >= 11 is 0. The van der Waals surface area contributed by atoms with Crippen molar-refractivity contribution in [1.82, 2.24) is 5.32 Å². The van der Waals surface area contributed by atoms with Crippen molar-refractivity contribution < 1.29 is 4.79 Å².